The zero-order valence-electron chi connectivity index (χ0n) is 11.4. The van der Waals surface area contributed by atoms with Crippen molar-refractivity contribution in [2.75, 3.05) is 33.2 Å². The summed E-state index contributed by atoms with van der Waals surface area (Å²) in [5.41, 5.74) is 0.894. The molecule has 0 bridgehead atoms. The van der Waals surface area contributed by atoms with Gasteiger partial charge in [-0.1, -0.05) is 29.3 Å². The minimum atomic E-state index is -0.791. The number of carboxylic acids is 1. The van der Waals surface area contributed by atoms with Gasteiger partial charge in [0.25, 0.3) is 0 Å². The first kappa shape index (κ1) is 15.6. The third kappa shape index (κ3) is 3.85. The SMILES string of the molecule is CN1CCN([C@H](Cc2ccc(Cl)c(Cl)c2)C(=O)O)CC1. The number of hydrogen-bond donors (Lipinski definition) is 1. The average Bonchev–Trinajstić information content (AvgIpc) is 2.41. The minimum Gasteiger partial charge on any atom is -0.480 e. The van der Waals surface area contributed by atoms with Crippen LogP contribution in [0.3, 0.4) is 0 Å². The van der Waals surface area contributed by atoms with Crippen LogP contribution in [0.1, 0.15) is 5.56 Å². The van der Waals surface area contributed by atoms with E-state index in [-0.39, 0.29) is 0 Å². The summed E-state index contributed by atoms with van der Waals surface area (Å²) >= 11 is 11.9. The van der Waals surface area contributed by atoms with Crippen molar-refractivity contribution in [3.05, 3.63) is 33.8 Å². The molecular weight excluding hydrogens is 299 g/mol. The number of hydrogen-bond acceptors (Lipinski definition) is 3. The van der Waals surface area contributed by atoms with Gasteiger partial charge in [0.05, 0.1) is 10.0 Å². The van der Waals surface area contributed by atoms with Gasteiger partial charge < -0.3 is 10.0 Å². The Bertz CT molecular complexity index is 488. The Balaban J connectivity index is 2.09. The summed E-state index contributed by atoms with van der Waals surface area (Å²) in [7, 11) is 2.05. The van der Waals surface area contributed by atoms with Gasteiger partial charge in [0.2, 0.25) is 0 Å². The van der Waals surface area contributed by atoms with Gasteiger partial charge in [0.1, 0.15) is 6.04 Å². The maximum atomic E-state index is 11.5. The van der Waals surface area contributed by atoms with Crippen LogP contribution >= 0.6 is 23.2 Å². The zero-order chi connectivity index (χ0) is 14.7. The van der Waals surface area contributed by atoms with Crippen molar-refractivity contribution < 1.29 is 9.90 Å². The van der Waals surface area contributed by atoms with Crippen LogP contribution in [0, 0.1) is 0 Å². The van der Waals surface area contributed by atoms with Crippen molar-refractivity contribution in [1.82, 2.24) is 9.80 Å². The van der Waals surface area contributed by atoms with Gasteiger partial charge in [0.15, 0.2) is 0 Å². The van der Waals surface area contributed by atoms with Crippen LogP contribution in [0.15, 0.2) is 18.2 Å². The third-order valence-electron chi connectivity index (χ3n) is 3.68. The normalized spacial score (nSPS) is 18.9. The molecule has 110 valence electrons. The van der Waals surface area contributed by atoms with Crippen LogP contribution < -0.4 is 0 Å². The Labute approximate surface area is 128 Å². The molecular formula is C14H18Cl2N2O2. The molecule has 1 saturated heterocycles. The van der Waals surface area contributed by atoms with Crippen LogP contribution in [-0.2, 0) is 11.2 Å². The van der Waals surface area contributed by atoms with E-state index in [1.54, 1.807) is 12.1 Å². The Morgan fingerprint density at radius 2 is 1.90 bits per heavy atom. The maximum Gasteiger partial charge on any atom is 0.321 e. The Morgan fingerprint density at radius 3 is 2.45 bits per heavy atom. The molecule has 1 aliphatic rings. The largest absolute Gasteiger partial charge is 0.480 e. The number of likely N-dealkylation sites (N-methyl/N-ethyl adjacent to an activating group) is 1. The van der Waals surface area contributed by atoms with Gasteiger partial charge >= 0.3 is 5.97 Å². The number of piperazine rings is 1. The summed E-state index contributed by atoms with van der Waals surface area (Å²) in [5, 5.41) is 10.4. The molecule has 1 fully saturated rings. The van der Waals surface area contributed by atoms with E-state index in [2.05, 4.69) is 4.90 Å². The molecule has 0 saturated carbocycles. The van der Waals surface area contributed by atoms with Crippen molar-refractivity contribution >= 4 is 29.2 Å². The summed E-state index contributed by atoms with van der Waals surface area (Å²) in [5.74, 6) is -0.791. The molecule has 0 amide bonds. The molecule has 0 spiro atoms. The van der Waals surface area contributed by atoms with Crippen LogP contribution in [0.25, 0.3) is 0 Å². The molecule has 0 aliphatic carbocycles. The summed E-state index contributed by atoms with van der Waals surface area (Å²) in [6.45, 7) is 3.33. The molecule has 1 aromatic carbocycles. The number of halogens is 2. The highest BCUT2D eigenvalue weighted by Crippen LogP contribution is 2.24. The lowest BCUT2D eigenvalue weighted by Gasteiger charge is -2.36. The predicted octanol–water partition coefficient (Wildman–Crippen LogP) is 2.24. The second kappa shape index (κ2) is 6.76. The van der Waals surface area contributed by atoms with E-state index in [1.807, 2.05) is 18.0 Å². The van der Waals surface area contributed by atoms with Crippen LogP contribution in [0.2, 0.25) is 10.0 Å². The Kier molecular flexibility index (Phi) is 5.27. The van der Waals surface area contributed by atoms with Gasteiger partial charge in [-0.3, -0.25) is 9.69 Å². The van der Waals surface area contributed by atoms with Gasteiger partial charge in [-0.25, -0.2) is 0 Å². The molecule has 1 aromatic rings. The minimum absolute atomic E-state index is 0.440. The lowest BCUT2D eigenvalue weighted by atomic mass is 10.0. The van der Waals surface area contributed by atoms with Crippen LogP contribution in [0.4, 0.5) is 0 Å². The Morgan fingerprint density at radius 1 is 1.25 bits per heavy atom. The number of carboxylic acid groups (broad SMARTS) is 1. The number of rotatable bonds is 4. The number of nitrogens with zero attached hydrogens (tertiary/aromatic N) is 2. The first-order valence-electron chi connectivity index (χ1n) is 6.56. The van der Waals surface area contributed by atoms with Crippen molar-refractivity contribution in [2.24, 2.45) is 0 Å². The van der Waals surface area contributed by atoms with Crippen molar-refractivity contribution in [1.29, 1.82) is 0 Å². The fraction of sp³-hybridized carbons (Fsp3) is 0.500. The number of benzene rings is 1. The summed E-state index contributed by atoms with van der Waals surface area (Å²) in [6.07, 6.45) is 0.440. The topological polar surface area (TPSA) is 43.8 Å². The quantitative estimate of drug-likeness (QED) is 0.925. The van der Waals surface area contributed by atoms with Gasteiger partial charge in [-0.15, -0.1) is 0 Å². The highest BCUT2D eigenvalue weighted by atomic mass is 35.5. The summed E-state index contributed by atoms with van der Waals surface area (Å²) in [6, 6.07) is 4.78. The molecule has 0 radical (unpaired) electrons. The lowest BCUT2D eigenvalue weighted by molar-refractivity contribution is -0.144. The summed E-state index contributed by atoms with van der Waals surface area (Å²) < 4.78 is 0. The van der Waals surface area contributed by atoms with Gasteiger partial charge in [0, 0.05) is 26.2 Å². The van der Waals surface area contributed by atoms with E-state index in [4.69, 9.17) is 23.2 Å². The first-order valence-corrected chi connectivity index (χ1v) is 7.32. The van der Waals surface area contributed by atoms with Crippen LogP contribution in [0.5, 0.6) is 0 Å². The molecule has 1 atom stereocenters. The van der Waals surface area contributed by atoms with E-state index < -0.39 is 12.0 Å². The zero-order valence-corrected chi connectivity index (χ0v) is 12.9. The molecule has 20 heavy (non-hydrogen) atoms. The highest BCUT2D eigenvalue weighted by Gasteiger charge is 2.28. The second-order valence-corrected chi connectivity index (χ2v) is 5.96. The van der Waals surface area contributed by atoms with Crippen molar-refractivity contribution in [3.8, 4) is 0 Å². The van der Waals surface area contributed by atoms with Gasteiger partial charge in [-0.05, 0) is 31.2 Å². The lowest BCUT2D eigenvalue weighted by Crippen LogP contribution is -2.52. The number of aliphatic carboxylic acids is 1. The standard InChI is InChI=1S/C14H18Cl2N2O2/c1-17-4-6-18(7-5-17)13(14(19)20)9-10-2-3-11(15)12(16)8-10/h2-3,8,13H,4-7,9H2,1H3,(H,19,20)/t13-/m1/s1. The van der Waals surface area contributed by atoms with Gasteiger partial charge in [-0.2, -0.15) is 0 Å². The molecule has 1 N–H and O–H groups in total. The first-order chi connectivity index (χ1) is 9.47. The maximum absolute atomic E-state index is 11.5. The average molecular weight is 317 g/mol. The van der Waals surface area contributed by atoms with Crippen molar-refractivity contribution in [3.63, 3.8) is 0 Å². The fourth-order valence-corrected chi connectivity index (χ4v) is 2.72. The molecule has 0 aromatic heterocycles. The monoisotopic (exact) mass is 316 g/mol. The molecule has 2 rings (SSSR count). The number of carbonyl (C=O) groups is 1. The van der Waals surface area contributed by atoms with Crippen molar-refractivity contribution in [2.45, 2.75) is 12.5 Å². The smallest absolute Gasteiger partial charge is 0.321 e. The van der Waals surface area contributed by atoms with E-state index in [0.717, 1.165) is 31.7 Å². The Hall–Kier alpha value is -0.810. The fourth-order valence-electron chi connectivity index (χ4n) is 2.40. The molecule has 0 unspecified atom stereocenters. The predicted molar refractivity (Wildman–Crippen MR) is 80.7 cm³/mol. The second-order valence-electron chi connectivity index (χ2n) is 5.15. The van der Waals surface area contributed by atoms with E-state index >= 15 is 0 Å². The molecule has 4 nitrogen and oxygen atoms in total. The molecule has 1 aliphatic heterocycles. The van der Waals surface area contributed by atoms with E-state index in [9.17, 15) is 9.90 Å². The summed E-state index contributed by atoms with van der Waals surface area (Å²) in [4.78, 5) is 15.7. The van der Waals surface area contributed by atoms with E-state index in [1.165, 1.54) is 0 Å². The van der Waals surface area contributed by atoms with Crippen LogP contribution in [-0.4, -0.2) is 60.1 Å². The third-order valence-corrected chi connectivity index (χ3v) is 4.42. The molecule has 1 heterocycles. The highest BCUT2D eigenvalue weighted by molar-refractivity contribution is 6.42. The van der Waals surface area contributed by atoms with E-state index in [0.29, 0.717) is 16.5 Å². The molecule has 6 heteroatoms.